The molecule has 0 aliphatic carbocycles. The average Bonchev–Trinajstić information content (AvgIpc) is 2.75. The lowest BCUT2D eigenvalue weighted by Crippen LogP contribution is -2.41. The van der Waals surface area contributed by atoms with Crippen molar-refractivity contribution in [3.63, 3.8) is 0 Å². The molecule has 0 aliphatic rings. The maximum absolute atomic E-state index is 12.3. The number of nitrogens with zero attached hydrogens (tertiary/aromatic N) is 3. The molecular weight excluding hydrogens is 433 g/mol. The number of nitrogens with two attached hydrogens (primary N) is 1. The second-order valence-corrected chi connectivity index (χ2v) is 6.71. The molecule has 0 unspecified atom stereocenters. The van der Waals surface area contributed by atoms with Crippen molar-refractivity contribution in [1.82, 2.24) is 25.3 Å². The number of fused-ring (bicyclic) bond motifs is 1. The van der Waals surface area contributed by atoms with Crippen molar-refractivity contribution in [3.05, 3.63) is 52.1 Å². The second-order valence-electron chi connectivity index (χ2n) is 6.71. The first kappa shape index (κ1) is 22.1. The van der Waals surface area contributed by atoms with Gasteiger partial charge in [0.15, 0.2) is 11.2 Å². The predicted octanol–water partition coefficient (Wildman–Crippen LogP) is -0.0448. The molecule has 0 spiro atoms. The number of aromatic nitrogens is 4. The molecule has 2 heterocycles. The van der Waals surface area contributed by atoms with Crippen LogP contribution in [0, 0.1) is 0 Å². The summed E-state index contributed by atoms with van der Waals surface area (Å²) in [5, 5.41) is 23.2. The van der Waals surface area contributed by atoms with Crippen LogP contribution in [0.1, 0.15) is 28.9 Å². The van der Waals surface area contributed by atoms with Crippen LogP contribution in [0.2, 0.25) is 0 Å². The van der Waals surface area contributed by atoms with Crippen LogP contribution in [-0.2, 0) is 16.1 Å². The number of hydrogen-bond donors (Lipinski definition) is 6. The van der Waals surface area contributed by atoms with Gasteiger partial charge in [0.1, 0.15) is 6.04 Å². The van der Waals surface area contributed by atoms with E-state index in [1.165, 1.54) is 18.3 Å². The average molecular weight is 452 g/mol. The Morgan fingerprint density at radius 2 is 1.84 bits per heavy atom. The molecule has 1 amide bonds. The highest BCUT2D eigenvalue weighted by Crippen LogP contribution is 2.12. The van der Waals surface area contributed by atoms with Gasteiger partial charge >= 0.3 is 11.9 Å². The number of hydrogen-bond acceptors (Lipinski definition) is 9. The van der Waals surface area contributed by atoms with E-state index in [9.17, 15) is 19.2 Å². The van der Waals surface area contributed by atoms with Crippen molar-refractivity contribution in [2.75, 3.05) is 11.1 Å². The zero-order chi connectivity index (χ0) is 23.3. The van der Waals surface area contributed by atoms with Crippen LogP contribution in [0.5, 0.6) is 0 Å². The number of carbonyl (C=O) groups is 3. The Bertz CT molecular complexity index is 1230. The molecule has 0 aliphatic heterocycles. The Hall–Kier alpha value is -4.55. The standard InChI is InChI=1S/C19H19N7O6/c20-19-25-15-14(17(30)26-19)23-11(8-22-15)7-21-10-3-1-9(2-4-10)16(29)24-12(18(31)32)5-6-13(27)28/h1-4,8,12,21H,5-7H2,(H,24,29)(H,27,28)(H,31,32)(H3,20,22,25,26,30)/t12-/m0/s1/i1+1,2+1,3+1,4+1,5+1,6+1,9+1,10+1,12+1,13+1,18+1. The number of rotatable bonds is 9. The van der Waals surface area contributed by atoms with Gasteiger partial charge in [-0.15, -0.1) is 0 Å². The maximum Gasteiger partial charge on any atom is 0.326 e. The highest BCUT2D eigenvalue weighted by molar-refractivity contribution is 5.96. The molecule has 166 valence electrons. The van der Waals surface area contributed by atoms with Gasteiger partial charge in [-0.25, -0.2) is 14.8 Å². The Balaban J connectivity index is 1.62. The molecule has 13 nitrogen and oxygen atoms in total. The Labute approximate surface area is 179 Å². The van der Waals surface area contributed by atoms with Crippen LogP contribution in [0.3, 0.4) is 0 Å². The molecule has 0 saturated carbocycles. The molecular formula is C19H19N7O6. The van der Waals surface area contributed by atoms with Crippen LogP contribution in [0.25, 0.3) is 11.2 Å². The molecule has 0 radical (unpaired) electrons. The molecule has 13 heteroatoms. The molecule has 3 aromatic rings. The number of carbonyl (C=O) groups excluding carboxylic acids is 1. The van der Waals surface area contributed by atoms with E-state index < -0.39 is 29.4 Å². The first-order chi connectivity index (χ1) is 15.2. The van der Waals surface area contributed by atoms with E-state index in [1.807, 2.05) is 0 Å². The number of carboxylic acids is 2. The summed E-state index contributed by atoms with van der Waals surface area (Å²) in [7, 11) is 0. The van der Waals surface area contributed by atoms with Crippen LogP contribution < -0.4 is 21.9 Å². The van der Waals surface area contributed by atoms with Gasteiger partial charge in [-0.1, -0.05) is 0 Å². The third-order valence-electron chi connectivity index (χ3n) is 4.36. The summed E-state index contributed by atoms with van der Waals surface area (Å²) in [5.41, 5.74) is 6.47. The summed E-state index contributed by atoms with van der Waals surface area (Å²) in [5.74, 6) is -3.16. The number of anilines is 2. The van der Waals surface area contributed by atoms with Gasteiger partial charge < -0.3 is 26.6 Å². The highest BCUT2D eigenvalue weighted by Gasteiger charge is 2.21. The Morgan fingerprint density at radius 1 is 1.12 bits per heavy atom. The molecule has 32 heavy (non-hydrogen) atoms. The van der Waals surface area contributed by atoms with E-state index >= 15 is 0 Å². The summed E-state index contributed by atoms with van der Waals surface area (Å²) in [4.78, 5) is 60.6. The molecule has 7 N–H and O–H groups in total. The lowest BCUT2D eigenvalue weighted by atomic mass is 10.4. The molecule has 2 aromatic heterocycles. The van der Waals surface area contributed by atoms with Gasteiger partial charge in [-0.3, -0.25) is 19.4 Å². The topological polar surface area (TPSA) is 213 Å². The van der Waals surface area contributed by atoms with Crippen molar-refractivity contribution in [3.8, 4) is 0 Å². The molecule has 0 fully saturated rings. The third kappa shape index (κ3) is 5.53. The number of aliphatic carboxylic acids is 2. The largest absolute Gasteiger partial charge is 0.481 e. The van der Waals surface area contributed by atoms with Crippen LogP contribution in [0.4, 0.5) is 11.6 Å². The minimum Gasteiger partial charge on any atom is -0.481 e. The van der Waals surface area contributed by atoms with Gasteiger partial charge in [0.05, 0.1) is 18.4 Å². The van der Waals surface area contributed by atoms with Gasteiger partial charge in [0.2, 0.25) is 5.95 Å². The summed E-state index contributed by atoms with van der Waals surface area (Å²) >= 11 is 0. The summed E-state index contributed by atoms with van der Waals surface area (Å²) in [6, 6.07) is 4.86. The van der Waals surface area contributed by atoms with E-state index in [4.69, 9.17) is 15.9 Å². The van der Waals surface area contributed by atoms with E-state index in [0.717, 1.165) is 0 Å². The lowest BCUT2D eigenvalue weighted by molar-refractivity contribution is -0.140. The number of H-pyrrole nitrogens is 1. The summed E-state index contributed by atoms with van der Waals surface area (Å²) in [6.07, 6.45) is 0.840. The summed E-state index contributed by atoms with van der Waals surface area (Å²) in [6.45, 7) is 0.231. The first-order valence-electron chi connectivity index (χ1n) is 9.33. The second kappa shape index (κ2) is 9.51. The number of benzene rings is 1. The van der Waals surface area contributed by atoms with Crippen molar-refractivity contribution in [1.29, 1.82) is 0 Å². The molecule has 1 atom stereocenters. The minimum atomic E-state index is -1.31. The molecule has 0 bridgehead atoms. The van der Waals surface area contributed by atoms with Gasteiger partial charge in [-0.05, 0) is 30.7 Å². The van der Waals surface area contributed by atoms with Crippen LogP contribution in [0.15, 0.2) is 35.3 Å². The fourth-order valence-electron chi connectivity index (χ4n) is 2.75. The van der Waals surface area contributed by atoms with Crippen molar-refractivity contribution < 1.29 is 24.6 Å². The normalized spacial score (nSPS) is 11.6. The van der Waals surface area contributed by atoms with Gasteiger partial charge in [0.25, 0.3) is 11.5 Å². The maximum atomic E-state index is 12.3. The van der Waals surface area contributed by atoms with E-state index in [2.05, 4.69) is 30.6 Å². The fraction of sp³-hybridized carbons (Fsp3) is 0.211. The van der Waals surface area contributed by atoms with E-state index in [-0.39, 0.29) is 42.1 Å². The fourth-order valence-corrected chi connectivity index (χ4v) is 2.75. The summed E-state index contributed by atoms with van der Waals surface area (Å²) < 4.78 is 0. The number of carboxylic acid groups (broad SMARTS) is 2. The molecule has 3 rings (SSSR count). The predicted molar refractivity (Wildman–Crippen MR) is 112 cm³/mol. The van der Waals surface area contributed by atoms with E-state index in [0.29, 0.717) is 11.4 Å². The zero-order valence-corrected chi connectivity index (χ0v) is 16.5. The molecule has 0 saturated heterocycles. The smallest absolute Gasteiger partial charge is 0.326 e. The van der Waals surface area contributed by atoms with Crippen LogP contribution in [-0.4, -0.2) is 54.0 Å². The lowest BCUT2D eigenvalue weighted by Gasteiger charge is -2.14. The number of nitrogen functional groups attached to an aromatic ring is 1. The molecule has 1 aromatic carbocycles. The third-order valence-corrected chi connectivity index (χ3v) is 4.36. The quantitative estimate of drug-likeness (QED) is 0.237. The Kier molecular flexibility index (Phi) is 6.58. The SMILES string of the molecule is Nc1nc2ncc(CN[13c]3[13cH][13cH][13c](C(=O)N[13C@@H]([13CH2][13CH2][13C](=O)O)[13C](=O)O)[13cH][13cH]3)nc2c(=O)[nH]1. The zero-order valence-electron chi connectivity index (χ0n) is 16.5. The number of nitrogens with one attached hydrogen (secondary N) is 3. The van der Waals surface area contributed by atoms with Crippen molar-refractivity contribution in [2.24, 2.45) is 0 Å². The van der Waals surface area contributed by atoms with Gasteiger partial charge in [-0.2, -0.15) is 4.98 Å². The van der Waals surface area contributed by atoms with Crippen molar-refractivity contribution >= 4 is 40.6 Å². The van der Waals surface area contributed by atoms with Crippen LogP contribution >= 0.6 is 0 Å². The highest BCUT2D eigenvalue weighted by atomic mass is 16.5. The number of amides is 1. The minimum absolute atomic E-state index is 0.0524. The monoisotopic (exact) mass is 452 g/mol. The van der Waals surface area contributed by atoms with E-state index in [1.54, 1.807) is 12.1 Å². The Morgan fingerprint density at radius 3 is 2.50 bits per heavy atom. The number of aromatic amines is 1. The van der Waals surface area contributed by atoms with Crippen molar-refractivity contribution in [2.45, 2.75) is 25.4 Å². The first-order valence-corrected chi connectivity index (χ1v) is 9.33. The van der Waals surface area contributed by atoms with Gasteiger partial charge in [0, 0.05) is 17.7 Å².